The summed E-state index contributed by atoms with van der Waals surface area (Å²) in [7, 11) is 0. The fourth-order valence-corrected chi connectivity index (χ4v) is 4.77. The molecule has 0 radical (unpaired) electrons. The smallest absolute Gasteiger partial charge is 0.295 e. The third kappa shape index (κ3) is 4.13. The van der Waals surface area contributed by atoms with Crippen molar-refractivity contribution in [2.75, 3.05) is 13.2 Å². The minimum Gasteiger partial charge on any atom is -0.505 e. The van der Waals surface area contributed by atoms with Gasteiger partial charge >= 0.3 is 0 Å². The van der Waals surface area contributed by atoms with Crippen LogP contribution in [0.25, 0.3) is 11.4 Å². The Morgan fingerprint density at radius 3 is 2.75 bits per heavy atom. The average Bonchev–Trinajstić information content (AvgIpc) is 3.57. The number of ketones is 1. The maximum absolute atomic E-state index is 13.4. The molecule has 9 heteroatoms. The highest BCUT2D eigenvalue weighted by Gasteiger charge is 2.46. The molecule has 184 valence electrons. The molecule has 4 aromatic rings. The Hall–Kier alpha value is -4.40. The van der Waals surface area contributed by atoms with Gasteiger partial charge in [0.1, 0.15) is 17.1 Å². The van der Waals surface area contributed by atoms with E-state index in [0.29, 0.717) is 54.5 Å². The molecule has 1 aliphatic rings. The lowest BCUT2D eigenvalue weighted by molar-refractivity contribution is -0.139. The van der Waals surface area contributed by atoms with E-state index >= 15 is 0 Å². The first-order valence-electron chi connectivity index (χ1n) is 11.9. The van der Waals surface area contributed by atoms with Gasteiger partial charge in [-0.15, -0.1) is 0 Å². The van der Waals surface area contributed by atoms with Crippen LogP contribution in [0.15, 0.2) is 73.0 Å². The van der Waals surface area contributed by atoms with Gasteiger partial charge in [-0.2, -0.15) is 0 Å². The van der Waals surface area contributed by atoms with E-state index in [-0.39, 0.29) is 11.3 Å². The van der Waals surface area contributed by atoms with Crippen molar-refractivity contribution in [3.63, 3.8) is 0 Å². The molecule has 1 N–H and O–H groups in total. The van der Waals surface area contributed by atoms with Crippen LogP contribution in [0.4, 0.5) is 0 Å². The zero-order valence-corrected chi connectivity index (χ0v) is 20.2. The Morgan fingerprint density at radius 1 is 1.11 bits per heavy atom. The van der Waals surface area contributed by atoms with E-state index < -0.39 is 17.7 Å². The van der Waals surface area contributed by atoms with Crippen molar-refractivity contribution < 1.29 is 19.4 Å². The van der Waals surface area contributed by atoms with Crippen LogP contribution in [0.2, 0.25) is 0 Å². The highest BCUT2D eigenvalue weighted by Crippen LogP contribution is 2.40. The van der Waals surface area contributed by atoms with Crippen molar-refractivity contribution in [3.8, 4) is 5.75 Å². The van der Waals surface area contributed by atoms with E-state index in [1.165, 1.54) is 4.90 Å². The monoisotopic (exact) mass is 485 g/mol. The summed E-state index contributed by atoms with van der Waals surface area (Å²) in [5, 5.41) is 11.5. The molecule has 36 heavy (non-hydrogen) atoms. The van der Waals surface area contributed by atoms with Gasteiger partial charge in [0.05, 0.1) is 30.2 Å². The molecule has 0 aliphatic carbocycles. The number of ether oxygens (including phenoxy) is 1. The Balaban J connectivity index is 1.61. The van der Waals surface area contributed by atoms with Crippen molar-refractivity contribution in [2.24, 2.45) is 0 Å². The summed E-state index contributed by atoms with van der Waals surface area (Å²) >= 11 is 0. The maximum atomic E-state index is 13.4. The number of aryl methyl sites for hydroxylation is 2. The van der Waals surface area contributed by atoms with Gasteiger partial charge < -0.3 is 19.3 Å². The summed E-state index contributed by atoms with van der Waals surface area (Å²) < 4.78 is 9.33. The molecule has 1 unspecified atom stereocenters. The molecule has 1 amide bonds. The number of nitrogens with zero attached hydrogens (tertiary/aromatic N) is 5. The first-order valence-corrected chi connectivity index (χ1v) is 11.9. The number of benzene rings is 1. The van der Waals surface area contributed by atoms with Crippen LogP contribution in [0.1, 0.15) is 36.3 Å². The number of hydrogen-bond donors (Lipinski definition) is 1. The minimum absolute atomic E-state index is 0.0463. The lowest BCUT2D eigenvalue weighted by atomic mass is 9.96. The Bertz CT molecular complexity index is 1450. The number of fused-ring (bicyclic) bond motifs is 1. The summed E-state index contributed by atoms with van der Waals surface area (Å²) in [4.78, 5) is 36.8. The van der Waals surface area contributed by atoms with Crippen molar-refractivity contribution in [1.29, 1.82) is 0 Å². The van der Waals surface area contributed by atoms with E-state index in [1.807, 2.05) is 60.2 Å². The number of aromatic nitrogens is 4. The maximum Gasteiger partial charge on any atom is 0.295 e. The fraction of sp³-hybridized carbons (Fsp3) is 0.259. The average molecular weight is 486 g/mol. The molecule has 0 bridgehead atoms. The van der Waals surface area contributed by atoms with E-state index in [1.54, 1.807) is 30.0 Å². The van der Waals surface area contributed by atoms with Crippen molar-refractivity contribution in [2.45, 2.75) is 32.9 Å². The molecule has 1 fully saturated rings. The van der Waals surface area contributed by atoms with E-state index in [2.05, 4.69) is 9.97 Å². The Labute approximate surface area is 208 Å². The number of rotatable bonds is 8. The second kappa shape index (κ2) is 9.69. The molecule has 9 nitrogen and oxygen atoms in total. The lowest BCUT2D eigenvalue weighted by Crippen LogP contribution is -2.31. The lowest BCUT2D eigenvalue weighted by Gasteiger charge is -2.25. The van der Waals surface area contributed by atoms with Gasteiger partial charge in [0, 0.05) is 31.7 Å². The van der Waals surface area contributed by atoms with E-state index in [0.717, 1.165) is 0 Å². The number of amides is 1. The SMILES string of the molecule is CCOc1cccc(C2C(=C(O)c3c(C)nc4ccccn34)C(=O)C(=O)N2CCCn2ccnc2)c1. The summed E-state index contributed by atoms with van der Waals surface area (Å²) in [6.07, 6.45) is 7.65. The van der Waals surface area contributed by atoms with Gasteiger partial charge in [0.25, 0.3) is 11.7 Å². The zero-order chi connectivity index (χ0) is 25.2. The van der Waals surface area contributed by atoms with E-state index in [9.17, 15) is 14.7 Å². The summed E-state index contributed by atoms with van der Waals surface area (Å²) in [6.45, 7) is 5.11. The van der Waals surface area contributed by atoms with Gasteiger partial charge in [0.2, 0.25) is 0 Å². The highest BCUT2D eigenvalue weighted by atomic mass is 16.5. The number of imidazole rings is 2. The van der Waals surface area contributed by atoms with Crippen molar-refractivity contribution in [3.05, 3.63) is 89.9 Å². The quantitative estimate of drug-likeness (QED) is 0.232. The van der Waals surface area contributed by atoms with Crippen LogP contribution >= 0.6 is 0 Å². The molecule has 1 saturated heterocycles. The van der Waals surface area contributed by atoms with Crippen LogP contribution in [0.3, 0.4) is 0 Å². The summed E-state index contributed by atoms with van der Waals surface area (Å²) in [5.74, 6) is -0.967. The largest absolute Gasteiger partial charge is 0.505 e. The third-order valence-electron chi connectivity index (χ3n) is 6.33. The number of pyridine rings is 1. The van der Waals surface area contributed by atoms with Crippen LogP contribution in [0, 0.1) is 6.92 Å². The zero-order valence-electron chi connectivity index (χ0n) is 20.2. The predicted octanol–water partition coefficient (Wildman–Crippen LogP) is 3.75. The molecule has 1 aliphatic heterocycles. The standard InChI is InChI=1S/C27H27N5O4/c1-3-36-20-9-6-8-19(16-20)24-22(25(33)23-18(2)29-21-10-4-5-13-31(21)23)26(34)27(35)32(24)14-7-12-30-15-11-28-17-30/h4-6,8-11,13,15-17,24,33H,3,7,12,14H2,1-2H3. The Kier molecular flexibility index (Phi) is 6.28. The van der Waals surface area contributed by atoms with E-state index in [4.69, 9.17) is 4.74 Å². The number of aliphatic hydroxyl groups is 1. The topological polar surface area (TPSA) is 102 Å². The van der Waals surface area contributed by atoms with Gasteiger partial charge in [-0.05, 0) is 50.1 Å². The second-order valence-electron chi connectivity index (χ2n) is 8.63. The van der Waals surface area contributed by atoms with Crippen molar-refractivity contribution >= 4 is 23.1 Å². The number of likely N-dealkylation sites (tertiary alicyclic amines) is 1. The first-order chi connectivity index (χ1) is 17.5. The predicted molar refractivity (Wildman–Crippen MR) is 133 cm³/mol. The van der Waals surface area contributed by atoms with Gasteiger partial charge in [-0.25, -0.2) is 9.97 Å². The second-order valence-corrected chi connectivity index (χ2v) is 8.63. The van der Waals surface area contributed by atoms with Gasteiger partial charge in [0.15, 0.2) is 5.76 Å². The third-order valence-corrected chi connectivity index (χ3v) is 6.33. The van der Waals surface area contributed by atoms with Crippen LogP contribution < -0.4 is 4.74 Å². The molecule has 0 saturated carbocycles. The molecule has 3 aromatic heterocycles. The summed E-state index contributed by atoms with van der Waals surface area (Å²) in [6, 6.07) is 12.0. The number of hydrogen-bond acceptors (Lipinski definition) is 6. The first kappa shape index (κ1) is 23.3. The minimum atomic E-state index is -0.762. The number of aliphatic hydroxyl groups excluding tert-OH is 1. The molecular weight excluding hydrogens is 458 g/mol. The molecule has 0 spiro atoms. The molecule has 1 aromatic carbocycles. The number of Topliss-reactive ketones (excluding diaryl/α,β-unsaturated/α-hetero) is 1. The van der Waals surface area contributed by atoms with Crippen LogP contribution in [0.5, 0.6) is 5.75 Å². The van der Waals surface area contributed by atoms with Crippen LogP contribution in [-0.4, -0.2) is 53.8 Å². The number of carbonyl (C=O) groups is 2. The highest BCUT2D eigenvalue weighted by molar-refractivity contribution is 6.46. The molecule has 5 rings (SSSR count). The van der Waals surface area contributed by atoms with Crippen LogP contribution in [-0.2, 0) is 16.1 Å². The summed E-state index contributed by atoms with van der Waals surface area (Å²) in [5.41, 5.74) is 2.33. The molecule has 1 atom stereocenters. The van der Waals surface area contributed by atoms with Gasteiger partial charge in [-0.3, -0.25) is 14.0 Å². The number of carbonyl (C=O) groups excluding carboxylic acids is 2. The van der Waals surface area contributed by atoms with Gasteiger partial charge in [-0.1, -0.05) is 18.2 Å². The molecule has 4 heterocycles. The Morgan fingerprint density at radius 2 is 1.97 bits per heavy atom. The van der Waals surface area contributed by atoms with Crippen molar-refractivity contribution in [1.82, 2.24) is 23.8 Å². The molecular formula is C27H27N5O4. The fourth-order valence-electron chi connectivity index (χ4n) is 4.77. The normalized spacial score (nSPS) is 17.3.